The minimum atomic E-state index is -0.266. The molecular formula is C13H17BrClF. The molecule has 1 unspecified atom stereocenters. The second-order valence-electron chi connectivity index (χ2n) is 4.01. The van der Waals surface area contributed by atoms with Gasteiger partial charge in [-0.15, -0.1) is 0 Å². The Labute approximate surface area is 110 Å². The fourth-order valence-electron chi connectivity index (χ4n) is 1.70. The van der Waals surface area contributed by atoms with Crippen LogP contribution in [0.2, 0.25) is 5.02 Å². The van der Waals surface area contributed by atoms with Crippen LogP contribution >= 0.6 is 27.5 Å². The Morgan fingerprint density at radius 1 is 1.38 bits per heavy atom. The van der Waals surface area contributed by atoms with Crippen molar-refractivity contribution in [3.63, 3.8) is 0 Å². The van der Waals surface area contributed by atoms with E-state index in [0.717, 1.165) is 24.8 Å². The molecule has 1 rings (SSSR count). The smallest absolute Gasteiger partial charge is 0.124 e. The average Bonchev–Trinajstić information content (AvgIpc) is 2.22. The standard InChI is InChI=1S/C13H17BrClF/c1-2-4-11(14)6-3-5-10-7-8-12(16)9-13(10)15/h7-9,11H,2-6H2,1H3. The van der Waals surface area contributed by atoms with Crippen LogP contribution in [0.3, 0.4) is 0 Å². The van der Waals surface area contributed by atoms with Crippen molar-refractivity contribution in [3.05, 3.63) is 34.6 Å². The molecule has 3 heteroatoms. The molecule has 0 heterocycles. The summed E-state index contributed by atoms with van der Waals surface area (Å²) >= 11 is 9.60. The first-order valence-electron chi connectivity index (χ1n) is 5.71. The molecule has 90 valence electrons. The van der Waals surface area contributed by atoms with Gasteiger partial charge >= 0.3 is 0 Å². The zero-order valence-electron chi connectivity index (χ0n) is 9.48. The summed E-state index contributed by atoms with van der Waals surface area (Å²) in [5.41, 5.74) is 1.04. The Kier molecular flexibility index (Phi) is 6.37. The summed E-state index contributed by atoms with van der Waals surface area (Å²) in [5, 5.41) is 0.543. The normalized spacial score (nSPS) is 12.8. The fourth-order valence-corrected chi connectivity index (χ4v) is 2.74. The summed E-state index contributed by atoms with van der Waals surface area (Å²) in [5.74, 6) is -0.266. The minimum absolute atomic E-state index is 0.266. The molecule has 16 heavy (non-hydrogen) atoms. The van der Waals surface area contributed by atoms with Crippen LogP contribution in [-0.2, 0) is 6.42 Å². The van der Waals surface area contributed by atoms with Crippen molar-refractivity contribution < 1.29 is 4.39 Å². The van der Waals surface area contributed by atoms with Gasteiger partial charge in [0.2, 0.25) is 0 Å². The number of hydrogen-bond donors (Lipinski definition) is 0. The molecule has 0 nitrogen and oxygen atoms in total. The highest BCUT2D eigenvalue weighted by Crippen LogP contribution is 2.21. The van der Waals surface area contributed by atoms with Gasteiger partial charge in [-0.3, -0.25) is 0 Å². The highest BCUT2D eigenvalue weighted by molar-refractivity contribution is 9.09. The Morgan fingerprint density at radius 3 is 2.75 bits per heavy atom. The number of rotatable bonds is 6. The van der Waals surface area contributed by atoms with Gasteiger partial charge in [0.15, 0.2) is 0 Å². The van der Waals surface area contributed by atoms with Crippen LogP contribution in [0, 0.1) is 5.82 Å². The lowest BCUT2D eigenvalue weighted by Crippen LogP contribution is -1.98. The minimum Gasteiger partial charge on any atom is -0.207 e. The molecule has 0 radical (unpaired) electrons. The molecule has 0 aliphatic carbocycles. The first kappa shape index (κ1) is 14.0. The Balaban J connectivity index is 2.37. The summed E-state index contributed by atoms with van der Waals surface area (Å²) in [6.45, 7) is 2.19. The van der Waals surface area contributed by atoms with Crippen LogP contribution in [0.1, 0.15) is 38.2 Å². The summed E-state index contributed by atoms with van der Waals surface area (Å²) in [6.07, 6.45) is 5.55. The van der Waals surface area contributed by atoms with Gasteiger partial charge in [-0.2, -0.15) is 0 Å². The van der Waals surface area contributed by atoms with Crippen molar-refractivity contribution in [2.45, 2.75) is 43.9 Å². The van der Waals surface area contributed by atoms with E-state index in [-0.39, 0.29) is 5.82 Å². The van der Waals surface area contributed by atoms with Crippen molar-refractivity contribution >= 4 is 27.5 Å². The molecule has 1 aromatic carbocycles. The van der Waals surface area contributed by atoms with Gasteiger partial charge in [0.25, 0.3) is 0 Å². The Hall–Kier alpha value is -0.0800. The van der Waals surface area contributed by atoms with Crippen molar-refractivity contribution in [3.8, 4) is 0 Å². The number of halogens is 3. The molecule has 0 bridgehead atoms. The molecule has 1 atom stereocenters. The van der Waals surface area contributed by atoms with Crippen LogP contribution < -0.4 is 0 Å². The summed E-state index contributed by atoms with van der Waals surface area (Å²) in [4.78, 5) is 0.594. The van der Waals surface area contributed by atoms with Crippen LogP contribution in [0.25, 0.3) is 0 Å². The lowest BCUT2D eigenvalue weighted by Gasteiger charge is -2.08. The number of benzene rings is 1. The molecule has 0 spiro atoms. The molecule has 0 aliphatic heterocycles. The van der Waals surface area contributed by atoms with Gasteiger partial charge in [-0.25, -0.2) is 4.39 Å². The van der Waals surface area contributed by atoms with Gasteiger partial charge in [0, 0.05) is 9.85 Å². The first-order chi connectivity index (χ1) is 7.63. The maximum atomic E-state index is 12.8. The van der Waals surface area contributed by atoms with Crippen molar-refractivity contribution in [1.29, 1.82) is 0 Å². The third-order valence-electron chi connectivity index (χ3n) is 2.58. The van der Waals surface area contributed by atoms with Gasteiger partial charge in [-0.05, 0) is 43.4 Å². The maximum absolute atomic E-state index is 12.8. The number of aryl methyl sites for hydroxylation is 1. The van der Waals surface area contributed by atoms with Gasteiger partial charge < -0.3 is 0 Å². The fraction of sp³-hybridized carbons (Fsp3) is 0.538. The van der Waals surface area contributed by atoms with Gasteiger partial charge in [0.1, 0.15) is 5.82 Å². The predicted octanol–water partition coefficient (Wildman–Crippen LogP) is 5.37. The summed E-state index contributed by atoms with van der Waals surface area (Å²) in [7, 11) is 0. The zero-order valence-corrected chi connectivity index (χ0v) is 11.8. The Bertz CT molecular complexity index is 328. The molecule has 0 aromatic heterocycles. The highest BCUT2D eigenvalue weighted by atomic mass is 79.9. The van der Waals surface area contributed by atoms with Crippen molar-refractivity contribution in [1.82, 2.24) is 0 Å². The lowest BCUT2D eigenvalue weighted by atomic mass is 10.1. The lowest BCUT2D eigenvalue weighted by molar-refractivity contribution is 0.625. The van der Waals surface area contributed by atoms with Gasteiger partial charge in [-0.1, -0.05) is 46.9 Å². The maximum Gasteiger partial charge on any atom is 0.124 e. The van der Waals surface area contributed by atoms with E-state index in [1.165, 1.54) is 25.0 Å². The van der Waals surface area contributed by atoms with E-state index in [1.54, 1.807) is 6.07 Å². The van der Waals surface area contributed by atoms with Crippen LogP contribution in [0.5, 0.6) is 0 Å². The van der Waals surface area contributed by atoms with Gasteiger partial charge in [0.05, 0.1) is 0 Å². The van der Waals surface area contributed by atoms with Crippen molar-refractivity contribution in [2.75, 3.05) is 0 Å². The first-order valence-corrected chi connectivity index (χ1v) is 7.01. The van der Waals surface area contributed by atoms with E-state index in [1.807, 2.05) is 0 Å². The molecule has 1 aromatic rings. The SMILES string of the molecule is CCCC(Br)CCCc1ccc(F)cc1Cl. The molecule has 0 aliphatic rings. The molecular weight excluding hydrogens is 290 g/mol. The van der Waals surface area contributed by atoms with Crippen LogP contribution in [-0.4, -0.2) is 4.83 Å². The van der Waals surface area contributed by atoms with E-state index in [4.69, 9.17) is 11.6 Å². The molecule has 0 N–H and O–H groups in total. The number of hydrogen-bond acceptors (Lipinski definition) is 0. The monoisotopic (exact) mass is 306 g/mol. The molecule has 0 fully saturated rings. The largest absolute Gasteiger partial charge is 0.207 e. The summed E-state index contributed by atoms with van der Waals surface area (Å²) in [6, 6.07) is 4.63. The quantitative estimate of drug-likeness (QED) is 0.620. The number of alkyl halides is 1. The van der Waals surface area contributed by atoms with E-state index in [2.05, 4.69) is 22.9 Å². The second-order valence-corrected chi connectivity index (χ2v) is 5.72. The van der Waals surface area contributed by atoms with Crippen LogP contribution in [0.15, 0.2) is 18.2 Å². The highest BCUT2D eigenvalue weighted by Gasteiger charge is 2.05. The Morgan fingerprint density at radius 2 is 2.12 bits per heavy atom. The average molecular weight is 308 g/mol. The summed E-state index contributed by atoms with van der Waals surface area (Å²) < 4.78 is 12.8. The molecule has 0 saturated carbocycles. The second kappa shape index (κ2) is 7.29. The van der Waals surface area contributed by atoms with Crippen molar-refractivity contribution in [2.24, 2.45) is 0 Å². The van der Waals surface area contributed by atoms with E-state index in [9.17, 15) is 4.39 Å². The predicted molar refractivity (Wildman–Crippen MR) is 72.0 cm³/mol. The van der Waals surface area contributed by atoms with E-state index in [0.29, 0.717) is 9.85 Å². The molecule has 0 saturated heterocycles. The van der Waals surface area contributed by atoms with Crippen LogP contribution in [0.4, 0.5) is 4.39 Å². The molecule has 0 amide bonds. The third kappa shape index (κ3) is 4.84. The topological polar surface area (TPSA) is 0 Å². The zero-order chi connectivity index (χ0) is 12.0. The van der Waals surface area contributed by atoms with E-state index < -0.39 is 0 Å². The third-order valence-corrected chi connectivity index (χ3v) is 3.85. The van der Waals surface area contributed by atoms with E-state index >= 15 is 0 Å².